The van der Waals surface area contributed by atoms with Crippen LogP contribution in [-0.4, -0.2) is 7.05 Å². The van der Waals surface area contributed by atoms with Crippen LogP contribution in [0.3, 0.4) is 0 Å². The Labute approximate surface area is 116 Å². The van der Waals surface area contributed by atoms with Crippen LogP contribution in [0.1, 0.15) is 37.4 Å². The minimum atomic E-state index is 0.455. The van der Waals surface area contributed by atoms with E-state index in [0.29, 0.717) is 6.04 Å². The highest BCUT2D eigenvalue weighted by Gasteiger charge is 2.06. The molecule has 1 nitrogen and oxygen atoms in total. The molecule has 100 valence electrons. The lowest BCUT2D eigenvalue weighted by molar-refractivity contribution is 0.577. The number of benzene rings is 2. The molecule has 0 fully saturated rings. The van der Waals surface area contributed by atoms with E-state index in [1.807, 2.05) is 7.05 Å². The van der Waals surface area contributed by atoms with Crippen molar-refractivity contribution in [1.82, 2.24) is 5.32 Å². The molecule has 1 atom stereocenters. The van der Waals surface area contributed by atoms with Crippen molar-refractivity contribution in [3.05, 3.63) is 59.7 Å². The maximum atomic E-state index is 3.35. The van der Waals surface area contributed by atoms with Gasteiger partial charge in [0.1, 0.15) is 0 Å². The van der Waals surface area contributed by atoms with E-state index in [2.05, 4.69) is 67.7 Å². The van der Waals surface area contributed by atoms with E-state index in [4.69, 9.17) is 0 Å². The lowest BCUT2D eigenvalue weighted by atomic mass is 9.98. The van der Waals surface area contributed by atoms with Gasteiger partial charge in [-0.25, -0.2) is 0 Å². The van der Waals surface area contributed by atoms with E-state index in [-0.39, 0.29) is 0 Å². The summed E-state index contributed by atoms with van der Waals surface area (Å²) in [5.74, 6) is 0. The Balaban J connectivity index is 2.26. The van der Waals surface area contributed by atoms with Crippen molar-refractivity contribution in [2.24, 2.45) is 0 Å². The first-order chi connectivity index (χ1) is 9.28. The third-order valence-corrected chi connectivity index (χ3v) is 3.74. The molecule has 0 aromatic heterocycles. The Bertz CT molecular complexity index is 509. The highest BCUT2D eigenvalue weighted by atomic mass is 14.9. The molecule has 0 aliphatic rings. The van der Waals surface area contributed by atoms with Crippen molar-refractivity contribution < 1.29 is 0 Å². The third kappa shape index (κ3) is 3.24. The van der Waals surface area contributed by atoms with Crippen LogP contribution in [0.5, 0.6) is 0 Å². The molecule has 0 heterocycles. The Morgan fingerprint density at radius 1 is 0.947 bits per heavy atom. The van der Waals surface area contributed by atoms with Gasteiger partial charge in [-0.3, -0.25) is 0 Å². The summed E-state index contributed by atoms with van der Waals surface area (Å²) in [5.41, 5.74) is 5.36. The molecule has 0 amide bonds. The molecule has 0 saturated carbocycles. The van der Waals surface area contributed by atoms with E-state index in [9.17, 15) is 0 Å². The van der Waals surface area contributed by atoms with Crippen LogP contribution in [-0.2, 0) is 6.42 Å². The lowest BCUT2D eigenvalue weighted by Gasteiger charge is -2.14. The first-order valence-corrected chi connectivity index (χ1v) is 7.15. The van der Waals surface area contributed by atoms with Gasteiger partial charge in [0.25, 0.3) is 0 Å². The van der Waals surface area contributed by atoms with Gasteiger partial charge < -0.3 is 5.32 Å². The molecule has 0 aliphatic carbocycles. The maximum absolute atomic E-state index is 3.35. The molecular formula is C18H23N. The van der Waals surface area contributed by atoms with Crippen LogP contribution in [0.25, 0.3) is 11.1 Å². The van der Waals surface area contributed by atoms with Crippen molar-refractivity contribution in [2.45, 2.75) is 32.7 Å². The fourth-order valence-electron chi connectivity index (χ4n) is 2.49. The molecule has 0 spiro atoms. The predicted octanol–water partition coefficient (Wildman–Crippen LogP) is 4.59. The van der Waals surface area contributed by atoms with Gasteiger partial charge in [0.05, 0.1) is 0 Å². The standard InChI is InChI=1S/C18H23N/c1-4-14-7-6-8-17(13-14)15-9-11-16(12-10-15)18(5-2)19-3/h6-13,18-19H,4-5H2,1-3H3. The molecular weight excluding hydrogens is 230 g/mol. The van der Waals surface area contributed by atoms with Gasteiger partial charge >= 0.3 is 0 Å². The number of aryl methyl sites for hydroxylation is 1. The Morgan fingerprint density at radius 3 is 2.26 bits per heavy atom. The first-order valence-electron chi connectivity index (χ1n) is 7.15. The van der Waals surface area contributed by atoms with Gasteiger partial charge in [0, 0.05) is 6.04 Å². The summed E-state index contributed by atoms with van der Waals surface area (Å²) in [6.07, 6.45) is 2.20. The quantitative estimate of drug-likeness (QED) is 0.822. The Morgan fingerprint density at radius 2 is 1.68 bits per heavy atom. The van der Waals surface area contributed by atoms with Crippen LogP contribution >= 0.6 is 0 Å². The van der Waals surface area contributed by atoms with Crippen molar-refractivity contribution in [2.75, 3.05) is 7.05 Å². The summed E-state index contributed by atoms with van der Waals surface area (Å²) in [6, 6.07) is 18.2. The molecule has 0 saturated heterocycles. The second-order valence-corrected chi connectivity index (χ2v) is 4.93. The first kappa shape index (κ1) is 13.8. The zero-order chi connectivity index (χ0) is 13.7. The summed E-state index contributed by atoms with van der Waals surface area (Å²) in [4.78, 5) is 0. The average molecular weight is 253 g/mol. The molecule has 2 aromatic rings. The van der Waals surface area contributed by atoms with E-state index < -0.39 is 0 Å². The minimum absolute atomic E-state index is 0.455. The van der Waals surface area contributed by atoms with Crippen molar-refractivity contribution >= 4 is 0 Å². The number of hydrogen-bond acceptors (Lipinski definition) is 1. The predicted molar refractivity (Wildman–Crippen MR) is 83.3 cm³/mol. The molecule has 1 unspecified atom stereocenters. The lowest BCUT2D eigenvalue weighted by Crippen LogP contribution is -2.14. The van der Waals surface area contributed by atoms with Crippen LogP contribution in [0.4, 0.5) is 0 Å². The van der Waals surface area contributed by atoms with Crippen molar-refractivity contribution in [1.29, 1.82) is 0 Å². The Kier molecular flexibility index (Phi) is 4.75. The minimum Gasteiger partial charge on any atom is -0.313 e. The van der Waals surface area contributed by atoms with E-state index in [1.165, 1.54) is 22.3 Å². The van der Waals surface area contributed by atoms with Gasteiger partial charge in [-0.15, -0.1) is 0 Å². The SMILES string of the molecule is CCc1cccc(-c2ccc(C(CC)NC)cc2)c1. The fourth-order valence-corrected chi connectivity index (χ4v) is 2.49. The smallest absolute Gasteiger partial charge is 0.0314 e. The zero-order valence-electron chi connectivity index (χ0n) is 12.1. The summed E-state index contributed by atoms with van der Waals surface area (Å²) in [7, 11) is 2.02. The molecule has 1 heteroatoms. The van der Waals surface area contributed by atoms with E-state index in [1.54, 1.807) is 0 Å². The third-order valence-electron chi connectivity index (χ3n) is 3.74. The average Bonchev–Trinajstić information content (AvgIpc) is 2.49. The maximum Gasteiger partial charge on any atom is 0.0314 e. The summed E-state index contributed by atoms with van der Waals surface area (Å²) in [5, 5.41) is 3.35. The van der Waals surface area contributed by atoms with E-state index in [0.717, 1.165) is 12.8 Å². The fraction of sp³-hybridized carbons (Fsp3) is 0.333. The van der Waals surface area contributed by atoms with Gasteiger partial charge in [-0.1, -0.05) is 62.4 Å². The van der Waals surface area contributed by atoms with Crippen LogP contribution in [0.15, 0.2) is 48.5 Å². The second kappa shape index (κ2) is 6.53. The molecule has 0 bridgehead atoms. The van der Waals surface area contributed by atoms with Gasteiger partial charge in [0.2, 0.25) is 0 Å². The van der Waals surface area contributed by atoms with Gasteiger partial charge in [0.15, 0.2) is 0 Å². The number of hydrogen-bond donors (Lipinski definition) is 1. The molecule has 2 aromatic carbocycles. The van der Waals surface area contributed by atoms with Crippen molar-refractivity contribution in [3.63, 3.8) is 0 Å². The summed E-state index contributed by atoms with van der Waals surface area (Å²) in [6.45, 7) is 4.40. The van der Waals surface area contributed by atoms with Crippen LogP contribution in [0.2, 0.25) is 0 Å². The number of rotatable bonds is 5. The number of nitrogens with one attached hydrogen (secondary N) is 1. The summed E-state index contributed by atoms with van der Waals surface area (Å²) >= 11 is 0. The zero-order valence-corrected chi connectivity index (χ0v) is 12.1. The molecule has 1 N–H and O–H groups in total. The summed E-state index contributed by atoms with van der Waals surface area (Å²) < 4.78 is 0. The van der Waals surface area contributed by atoms with Crippen LogP contribution < -0.4 is 5.32 Å². The molecule has 0 aliphatic heterocycles. The second-order valence-electron chi connectivity index (χ2n) is 4.93. The van der Waals surface area contributed by atoms with Gasteiger partial charge in [-0.2, -0.15) is 0 Å². The van der Waals surface area contributed by atoms with E-state index >= 15 is 0 Å². The molecule has 0 radical (unpaired) electrons. The van der Waals surface area contributed by atoms with Gasteiger partial charge in [-0.05, 0) is 42.1 Å². The topological polar surface area (TPSA) is 12.0 Å². The monoisotopic (exact) mass is 253 g/mol. The largest absolute Gasteiger partial charge is 0.313 e. The molecule has 19 heavy (non-hydrogen) atoms. The highest BCUT2D eigenvalue weighted by molar-refractivity contribution is 5.64. The normalized spacial score (nSPS) is 12.4. The van der Waals surface area contributed by atoms with Crippen molar-refractivity contribution in [3.8, 4) is 11.1 Å². The highest BCUT2D eigenvalue weighted by Crippen LogP contribution is 2.24. The Hall–Kier alpha value is -1.60. The molecule has 2 rings (SSSR count). The van der Waals surface area contributed by atoms with Crippen LogP contribution in [0, 0.1) is 0 Å².